The average Bonchev–Trinajstić information content (AvgIpc) is 2.53. The number of unbranched alkanes of at least 4 members (excludes halogenated alkanes) is 6. The Kier molecular flexibility index (Phi) is 13.2. The van der Waals surface area contributed by atoms with Gasteiger partial charge in [0.15, 0.2) is 22.2 Å². The van der Waals surface area contributed by atoms with Crippen molar-refractivity contribution in [3.05, 3.63) is 0 Å². The summed E-state index contributed by atoms with van der Waals surface area (Å²) >= 11 is -5.90. The molecule has 6 nitrogen and oxygen atoms in total. The molecule has 0 amide bonds. The van der Waals surface area contributed by atoms with E-state index in [1.807, 2.05) is 13.8 Å². The Hall–Kier alpha value is -0.0400. The Morgan fingerprint density at radius 3 is 1.50 bits per heavy atom. The van der Waals surface area contributed by atoms with Gasteiger partial charge in [-0.1, -0.05) is 52.4 Å². The molecular weight excluding hydrogens is 417 g/mol. The van der Waals surface area contributed by atoms with E-state index in [0.717, 1.165) is 25.7 Å². The Balaban J connectivity index is 4.96. The van der Waals surface area contributed by atoms with Crippen LogP contribution in [-0.2, 0) is 40.4 Å². The average molecular weight is 445 g/mol. The topological polar surface area (TPSA) is 86.7 Å². The van der Waals surface area contributed by atoms with Gasteiger partial charge in [0, 0.05) is 0 Å². The third-order valence-electron chi connectivity index (χ3n) is 3.28. The molecule has 0 aromatic carbocycles. The van der Waals surface area contributed by atoms with Crippen molar-refractivity contribution in [1.82, 2.24) is 0 Å². The van der Waals surface area contributed by atoms with Gasteiger partial charge < -0.3 is 0 Å². The van der Waals surface area contributed by atoms with E-state index in [9.17, 15) is 30.0 Å². The minimum absolute atomic E-state index is 0.190. The molecule has 0 aliphatic heterocycles. The highest BCUT2D eigenvalue weighted by molar-refractivity contribution is 8.18. The third kappa shape index (κ3) is 9.25. The van der Waals surface area contributed by atoms with Gasteiger partial charge in [0.05, 0.1) is 13.2 Å². The fraction of sp³-hybridized carbons (Fsp3) is 1.00. The van der Waals surface area contributed by atoms with Crippen molar-refractivity contribution in [2.45, 2.75) is 74.6 Å². The summed E-state index contributed by atoms with van der Waals surface area (Å²) in [6.45, 7) is 3.52. The molecule has 0 saturated heterocycles. The van der Waals surface area contributed by atoms with E-state index in [4.69, 9.17) is 8.37 Å². The Morgan fingerprint density at radius 2 is 1.19 bits per heavy atom. The molecule has 0 fully saturated rings. The maximum Gasteiger partial charge on any atom is 0.499 e. The second-order valence-corrected chi connectivity index (χ2v) is 10.9. The molecule has 0 rings (SSSR count). The molecule has 26 heavy (non-hydrogen) atoms. The molecule has 0 aromatic rings. The van der Waals surface area contributed by atoms with Crippen molar-refractivity contribution in [2.24, 2.45) is 0 Å². The largest absolute Gasteiger partial charge is 0.499 e. The zero-order valence-electron chi connectivity index (χ0n) is 15.0. The molecule has 158 valence electrons. The Morgan fingerprint density at radius 1 is 0.808 bits per heavy atom. The monoisotopic (exact) mass is 444 g/mol. The second-order valence-electron chi connectivity index (χ2n) is 5.57. The lowest BCUT2D eigenvalue weighted by Crippen LogP contribution is -2.41. The summed E-state index contributed by atoms with van der Waals surface area (Å²) in [7, 11) is -5.98. The quantitative estimate of drug-likeness (QED) is 0.358. The van der Waals surface area contributed by atoms with Crippen LogP contribution < -0.4 is 0 Å². The first-order valence-corrected chi connectivity index (χ1v) is 12.3. The van der Waals surface area contributed by atoms with Gasteiger partial charge in [-0.3, -0.25) is 8.37 Å². The smallest absolute Gasteiger partial charge is 0.289 e. The van der Waals surface area contributed by atoms with Gasteiger partial charge in [-0.15, -0.1) is 0 Å². The summed E-state index contributed by atoms with van der Waals surface area (Å²) in [6, 6.07) is 0. The van der Waals surface area contributed by atoms with Gasteiger partial charge >= 0.3 is 5.51 Å². The van der Waals surface area contributed by atoms with Crippen molar-refractivity contribution in [2.75, 3.05) is 13.2 Å². The standard InChI is InChI=1S/C14H27F3O6S3/c1-3-5-7-9-11-22-24(18)13(26(20,21)14(15,16)17)25(19)23-12-10-8-6-4-2/h13H,3-12H2,1-2H3. The lowest BCUT2D eigenvalue weighted by Gasteiger charge is -2.17. The summed E-state index contributed by atoms with van der Waals surface area (Å²) in [5, 5.41) is 0. The fourth-order valence-corrected chi connectivity index (χ4v) is 6.33. The molecule has 0 heterocycles. The summed E-state index contributed by atoms with van der Waals surface area (Å²) in [6.07, 6.45) is 5.73. The molecule has 2 atom stereocenters. The predicted molar refractivity (Wildman–Crippen MR) is 95.2 cm³/mol. The third-order valence-corrected chi connectivity index (χ3v) is 9.27. The van der Waals surface area contributed by atoms with Crippen LogP contribution >= 0.6 is 0 Å². The van der Waals surface area contributed by atoms with E-state index < -0.39 is 41.4 Å². The van der Waals surface area contributed by atoms with Gasteiger partial charge in [-0.25, -0.2) is 16.8 Å². The minimum Gasteiger partial charge on any atom is -0.289 e. The van der Waals surface area contributed by atoms with E-state index in [2.05, 4.69) is 0 Å². The van der Waals surface area contributed by atoms with Crippen LogP contribution in [0, 0.1) is 0 Å². The van der Waals surface area contributed by atoms with Gasteiger partial charge in [0.2, 0.25) is 0 Å². The van der Waals surface area contributed by atoms with Crippen LogP contribution in [-0.4, -0.2) is 39.5 Å². The summed E-state index contributed by atoms with van der Waals surface area (Å²) in [4.78, 5) is 0. The van der Waals surface area contributed by atoms with Crippen molar-refractivity contribution in [3.63, 3.8) is 0 Å². The summed E-state index contributed by atoms with van der Waals surface area (Å²) in [5.74, 6) is 0. The normalized spacial score (nSPS) is 16.3. The number of hydrogen-bond donors (Lipinski definition) is 0. The maximum absolute atomic E-state index is 12.8. The van der Waals surface area contributed by atoms with Crippen molar-refractivity contribution in [3.8, 4) is 0 Å². The van der Waals surface area contributed by atoms with Crippen LogP contribution in [0.2, 0.25) is 0 Å². The first-order valence-electron chi connectivity index (χ1n) is 8.47. The van der Waals surface area contributed by atoms with Gasteiger partial charge in [-0.05, 0) is 12.8 Å². The number of alkyl halides is 3. The van der Waals surface area contributed by atoms with Crippen LogP contribution in [0.25, 0.3) is 0 Å². The highest BCUT2D eigenvalue weighted by Crippen LogP contribution is 2.31. The lowest BCUT2D eigenvalue weighted by atomic mass is 10.2. The van der Waals surface area contributed by atoms with E-state index >= 15 is 0 Å². The number of halogens is 3. The highest BCUT2D eigenvalue weighted by Gasteiger charge is 2.56. The molecule has 0 N–H and O–H groups in total. The minimum atomic E-state index is -5.98. The Labute approximate surface area is 158 Å². The zero-order chi connectivity index (χ0) is 20.2. The molecule has 0 radical (unpaired) electrons. The molecule has 0 aliphatic rings. The number of hydrogen-bond acceptors (Lipinski definition) is 6. The molecule has 2 unspecified atom stereocenters. The fourth-order valence-electron chi connectivity index (χ4n) is 1.83. The maximum atomic E-state index is 12.8. The summed E-state index contributed by atoms with van der Waals surface area (Å²) < 4.78 is 92.3. The Bertz CT molecular complexity index is 511. The number of rotatable bonds is 15. The van der Waals surface area contributed by atoms with E-state index in [1.165, 1.54) is 0 Å². The van der Waals surface area contributed by atoms with Crippen molar-refractivity contribution >= 4 is 32.0 Å². The van der Waals surface area contributed by atoms with Crippen LogP contribution in [0.15, 0.2) is 0 Å². The van der Waals surface area contributed by atoms with Crippen LogP contribution in [0.4, 0.5) is 13.2 Å². The van der Waals surface area contributed by atoms with Gasteiger partial charge in [-0.2, -0.15) is 13.2 Å². The first-order chi connectivity index (χ1) is 12.1. The van der Waals surface area contributed by atoms with Crippen LogP contribution in [0.1, 0.15) is 65.2 Å². The molecule has 12 heteroatoms. The van der Waals surface area contributed by atoms with Crippen molar-refractivity contribution in [1.29, 1.82) is 0 Å². The van der Waals surface area contributed by atoms with Gasteiger partial charge in [0.1, 0.15) is 0 Å². The van der Waals surface area contributed by atoms with E-state index in [1.54, 1.807) is 0 Å². The zero-order valence-corrected chi connectivity index (χ0v) is 17.4. The second kappa shape index (κ2) is 13.2. The van der Waals surface area contributed by atoms with Crippen molar-refractivity contribution < 1.29 is 38.4 Å². The van der Waals surface area contributed by atoms with Gasteiger partial charge in [0.25, 0.3) is 13.8 Å². The molecule has 0 saturated carbocycles. The lowest BCUT2D eigenvalue weighted by molar-refractivity contribution is -0.0434. The molecule has 0 aliphatic carbocycles. The molecular formula is C14H27F3O6S3. The van der Waals surface area contributed by atoms with Crippen LogP contribution in [0.3, 0.4) is 0 Å². The first kappa shape index (κ1) is 26.0. The van der Waals surface area contributed by atoms with E-state index in [0.29, 0.717) is 25.7 Å². The molecule has 0 aromatic heterocycles. The highest BCUT2D eigenvalue weighted by atomic mass is 32.3. The van der Waals surface area contributed by atoms with E-state index in [-0.39, 0.29) is 13.2 Å². The van der Waals surface area contributed by atoms with Crippen LogP contribution in [0.5, 0.6) is 0 Å². The molecule has 0 spiro atoms. The summed E-state index contributed by atoms with van der Waals surface area (Å²) in [5.41, 5.74) is -5.71. The predicted octanol–water partition coefficient (Wildman–Crippen LogP) is 3.73. The molecule has 0 bridgehead atoms. The number of sulfone groups is 1. The SMILES string of the molecule is CCCCCCOS(=O)C(S(=O)OCCCCCC)S(=O)(=O)C(F)(F)F.